The minimum Gasteiger partial charge on any atom is -0.490 e. The Morgan fingerprint density at radius 1 is 1.36 bits per heavy atom. The third kappa shape index (κ3) is 2.44. The average Bonchev–Trinajstić information content (AvgIpc) is 2.09. The van der Waals surface area contributed by atoms with E-state index in [1.165, 1.54) is 0 Å². The van der Waals surface area contributed by atoms with Gasteiger partial charge in [-0.25, -0.2) is 0 Å². The van der Waals surface area contributed by atoms with E-state index in [-0.39, 0.29) is 0 Å². The van der Waals surface area contributed by atoms with E-state index in [1.54, 1.807) is 0 Å². The summed E-state index contributed by atoms with van der Waals surface area (Å²) in [6.07, 6.45) is 2.50. The molecular formula is C10H9Br2ClO. The lowest BCUT2D eigenvalue weighted by atomic mass is 9.96. The first-order valence-corrected chi connectivity index (χ1v) is 6.49. The van der Waals surface area contributed by atoms with E-state index in [0.29, 0.717) is 16.0 Å². The molecule has 1 nitrogen and oxygen atoms in total. The number of hydrogen-bond acceptors (Lipinski definition) is 1. The monoisotopic (exact) mass is 338 g/mol. The molecule has 0 unspecified atom stereocenters. The highest BCUT2D eigenvalue weighted by Gasteiger charge is 2.28. The number of halogens is 3. The van der Waals surface area contributed by atoms with Gasteiger partial charge in [-0.2, -0.15) is 0 Å². The number of benzene rings is 1. The number of rotatable bonds is 2. The summed E-state index contributed by atoms with van der Waals surface area (Å²) in [6.45, 7) is 0. The second-order valence-electron chi connectivity index (χ2n) is 3.38. The number of hydrogen-bond donors (Lipinski definition) is 0. The van der Waals surface area contributed by atoms with Gasteiger partial charge in [0.2, 0.25) is 0 Å². The highest BCUT2D eigenvalue weighted by Crippen LogP contribution is 2.33. The zero-order valence-electron chi connectivity index (χ0n) is 7.34. The molecule has 0 radical (unpaired) electrons. The molecule has 1 aromatic rings. The van der Waals surface area contributed by atoms with Crippen LogP contribution in [0.15, 0.2) is 22.7 Å². The Labute approximate surface area is 105 Å². The Kier molecular flexibility index (Phi) is 3.40. The van der Waals surface area contributed by atoms with Crippen LogP contribution >= 0.6 is 43.5 Å². The largest absolute Gasteiger partial charge is 0.490 e. The lowest BCUT2D eigenvalue weighted by molar-refractivity contribution is 0.128. The van der Waals surface area contributed by atoms with Crippen molar-refractivity contribution in [1.82, 2.24) is 0 Å². The van der Waals surface area contributed by atoms with Gasteiger partial charge in [-0.3, -0.25) is 0 Å². The first kappa shape index (κ1) is 10.8. The fraction of sp³-hybridized carbons (Fsp3) is 0.400. The molecule has 2 rings (SSSR count). The summed E-state index contributed by atoms with van der Waals surface area (Å²) < 4.78 is 6.62. The Morgan fingerprint density at radius 2 is 2.07 bits per heavy atom. The van der Waals surface area contributed by atoms with Crippen molar-refractivity contribution in [2.75, 3.05) is 0 Å². The molecule has 0 aliphatic heterocycles. The topological polar surface area (TPSA) is 9.23 Å². The van der Waals surface area contributed by atoms with E-state index >= 15 is 0 Å². The summed E-state index contributed by atoms with van der Waals surface area (Å²) in [5.74, 6) is 0.850. The molecule has 0 amide bonds. The first-order chi connectivity index (χ1) is 6.65. The fourth-order valence-corrected chi connectivity index (χ4v) is 2.59. The second kappa shape index (κ2) is 4.42. The molecule has 1 aromatic carbocycles. The highest BCUT2D eigenvalue weighted by atomic mass is 79.9. The second-order valence-corrected chi connectivity index (χ2v) is 5.94. The van der Waals surface area contributed by atoms with Crippen LogP contribution in [-0.2, 0) is 0 Å². The molecule has 1 aliphatic carbocycles. The summed E-state index contributed by atoms with van der Waals surface area (Å²) in [7, 11) is 0. The molecule has 76 valence electrons. The third-order valence-corrected chi connectivity index (χ3v) is 4.21. The van der Waals surface area contributed by atoms with E-state index in [2.05, 4.69) is 31.9 Å². The summed E-state index contributed by atoms with van der Waals surface area (Å²) in [4.78, 5) is 0.624. The summed E-state index contributed by atoms with van der Waals surface area (Å²) in [5.41, 5.74) is 0. The lowest BCUT2D eigenvalue weighted by Gasteiger charge is -2.31. The molecule has 0 N–H and O–H groups in total. The summed E-state index contributed by atoms with van der Waals surface area (Å²) in [6, 6.07) is 5.67. The van der Waals surface area contributed by atoms with Crippen molar-refractivity contribution in [1.29, 1.82) is 0 Å². The van der Waals surface area contributed by atoms with Gasteiger partial charge in [-0.05, 0) is 47.0 Å². The van der Waals surface area contributed by atoms with Gasteiger partial charge < -0.3 is 4.74 Å². The van der Waals surface area contributed by atoms with E-state index in [9.17, 15) is 0 Å². The molecule has 0 atom stereocenters. The van der Waals surface area contributed by atoms with E-state index in [4.69, 9.17) is 16.3 Å². The predicted molar refractivity (Wildman–Crippen MR) is 65.5 cm³/mol. The minimum atomic E-state index is 0.344. The van der Waals surface area contributed by atoms with Gasteiger partial charge in [-0.1, -0.05) is 27.5 Å². The van der Waals surface area contributed by atoms with Gasteiger partial charge >= 0.3 is 0 Å². The predicted octanol–water partition coefficient (Wildman–Crippen LogP) is 4.41. The maximum atomic E-state index is 5.95. The van der Waals surface area contributed by atoms with Crippen LogP contribution in [-0.4, -0.2) is 10.9 Å². The minimum absolute atomic E-state index is 0.344. The third-order valence-electron chi connectivity index (χ3n) is 2.23. The quantitative estimate of drug-likeness (QED) is 0.725. The van der Waals surface area contributed by atoms with Crippen LogP contribution < -0.4 is 4.74 Å². The Bertz CT molecular complexity index is 337. The van der Waals surface area contributed by atoms with Gasteiger partial charge in [0.05, 0.1) is 5.02 Å². The highest BCUT2D eigenvalue weighted by molar-refractivity contribution is 9.10. The zero-order chi connectivity index (χ0) is 10.1. The van der Waals surface area contributed by atoms with Crippen molar-refractivity contribution in [2.45, 2.75) is 23.8 Å². The summed E-state index contributed by atoms with van der Waals surface area (Å²) >= 11 is 12.8. The van der Waals surface area contributed by atoms with Crippen molar-refractivity contribution < 1.29 is 4.74 Å². The molecule has 0 spiro atoms. The van der Waals surface area contributed by atoms with Gasteiger partial charge in [0.15, 0.2) is 0 Å². The molecule has 1 fully saturated rings. The SMILES string of the molecule is Clc1cc(OC2CC(Br)C2)ccc1Br. The van der Waals surface area contributed by atoms with Crippen LogP contribution in [0.1, 0.15) is 12.8 Å². The van der Waals surface area contributed by atoms with Crippen LogP contribution in [0.25, 0.3) is 0 Å². The normalized spacial score (nSPS) is 25.6. The van der Waals surface area contributed by atoms with Gasteiger partial charge in [0.1, 0.15) is 11.9 Å². The van der Waals surface area contributed by atoms with E-state index < -0.39 is 0 Å². The molecule has 14 heavy (non-hydrogen) atoms. The molecule has 0 heterocycles. The number of ether oxygens (including phenoxy) is 1. The first-order valence-electron chi connectivity index (χ1n) is 4.41. The molecule has 0 saturated heterocycles. The molecule has 0 aromatic heterocycles. The Morgan fingerprint density at radius 3 is 2.64 bits per heavy atom. The fourth-order valence-electron chi connectivity index (χ4n) is 1.34. The molecule has 0 bridgehead atoms. The van der Waals surface area contributed by atoms with Crippen LogP contribution in [0, 0.1) is 0 Å². The van der Waals surface area contributed by atoms with Gasteiger partial charge in [0, 0.05) is 9.30 Å². The summed E-state index contributed by atoms with van der Waals surface area (Å²) in [5, 5.41) is 0.692. The van der Waals surface area contributed by atoms with E-state index in [1.807, 2.05) is 18.2 Å². The maximum Gasteiger partial charge on any atom is 0.121 e. The Balaban J connectivity index is 2.00. The van der Waals surface area contributed by atoms with Crippen LogP contribution in [0.4, 0.5) is 0 Å². The van der Waals surface area contributed by atoms with Crippen molar-refractivity contribution in [3.63, 3.8) is 0 Å². The zero-order valence-corrected chi connectivity index (χ0v) is 11.3. The maximum absolute atomic E-state index is 5.95. The van der Waals surface area contributed by atoms with Crippen molar-refractivity contribution in [3.8, 4) is 5.75 Å². The van der Waals surface area contributed by atoms with Crippen LogP contribution in [0.2, 0.25) is 5.02 Å². The van der Waals surface area contributed by atoms with Crippen molar-refractivity contribution >= 4 is 43.5 Å². The molecular weight excluding hydrogens is 331 g/mol. The van der Waals surface area contributed by atoms with Crippen LogP contribution in [0.3, 0.4) is 0 Å². The van der Waals surface area contributed by atoms with Gasteiger partial charge in [0.25, 0.3) is 0 Å². The Hall–Kier alpha value is 0.270. The number of alkyl halides is 1. The lowest BCUT2D eigenvalue weighted by Crippen LogP contribution is -2.33. The standard InChI is InChI=1S/C10H9Br2ClO/c11-6-3-8(4-6)14-7-1-2-9(12)10(13)5-7/h1-2,5-6,8H,3-4H2. The average molecular weight is 340 g/mol. The van der Waals surface area contributed by atoms with Crippen LogP contribution in [0.5, 0.6) is 5.75 Å². The molecule has 4 heteroatoms. The van der Waals surface area contributed by atoms with E-state index in [0.717, 1.165) is 23.1 Å². The van der Waals surface area contributed by atoms with Gasteiger partial charge in [-0.15, -0.1) is 0 Å². The molecule has 1 saturated carbocycles. The van der Waals surface area contributed by atoms with Crippen molar-refractivity contribution in [3.05, 3.63) is 27.7 Å². The molecule has 1 aliphatic rings. The smallest absolute Gasteiger partial charge is 0.121 e. The van der Waals surface area contributed by atoms with Crippen molar-refractivity contribution in [2.24, 2.45) is 0 Å².